The van der Waals surface area contributed by atoms with Gasteiger partial charge in [-0.2, -0.15) is 0 Å². The van der Waals surface area contributed by atoms with Crippen LogP contribution in [0.3, 0.4) is 0 Å². The molecule has 1 saturated heterocycles. The van der Waals surface area contributed by atoms with Crippen LogP contribution in [0, 0.1) is 18.3 Å². The fourth-order valence-electron chi connectivity index (χ4n) is 5.33. The molecule has 2 heterocycles. The Morgan fingerprint density at radius 3 is 2.85 bits per heavy atom. The Morgan fingerprint density at radius 1 is 1.33 bits per heavy atom. The van der Waals surface area contributed by atoms with E-state index in [1.54, 1.807) is 0 Å². The zero-order valence-corrected chi connectivity index (χ0v) is 17.0. The average Bonchev–Trinajstić information content (AvgIpc) is 3.39. The van der Waals surface area contributed by atoms with Gasteiger partial charge in [0.1, 0.15) is 12.4 Å². The zero-order valence-electron chi connectivity index (χ0n) is 17.0. The van der Waals surface area contributed by atoms with Gasteiger partial charge in [0, 0.05) is 37.6 Å². The van der Waals surface area contributed by atoms with E-state index in [2.05, 4.69) is 27.8 Å². The van der Waals surface area contributed by atoms with Crippen LogP contribution in [-0.2, 0) is 18.3 Å². The summed E-state index contributed by atoms with van der Waals surface area (Å²) < 4.78 is 8.14. The average molecular weight is 375 g/mol. The molecule has 3 aliphatic rings. The van der Waals surface area contributed by atoms with E-state index in [0.29, 0.717) is 30.0 Å². The standard InChI is InChI=1S/C20H34N6O/c1-4-5-11-21-19(22-13-16-25-24-14(2)26(16)3)23-17-15-8-12-27-18(15)20(17)9-6-7-10-20/h15,17-18H,4-13H2,1-3H3,(H2,21,22,23). The van der Waals surface area contributed by atoms with E-state index in [0.717, 1.165) is 37.2 Å². The minimum Gasteiger partial charge on any atom is -0.377 e. The highest BCUT2D eigenvalue weighted by Crippen LogP contribution is 2.60. The van der Waals surface area contributed by atoms with Crippen molar-refractivity contribution >= 4 is 5.96 Å². The highest BCUT2D eigenvalue weighted by Gasteiger charge is 2.65. The number of guanidine groups is 1. The Hall–Kier alpha value is -1.63. The Balaban J connectivity index is 1.48. The molecule has 7 heteroatoms. The van der Waals surface area contributed by atoms with Crippen LogP contribution in [-0.4, -0.2) is 46.0 Å². The maximum absolute atomic E-state index is 6.13. The quantitative estimate of drug-likeness (QED) is 0.454. The molecule has 1 aromatic heterocycles. The SMILES string of the molecule is CCCCNC(=NCc1nnc(C)n1C)NC1C2CCOC2C12CCCC2. The Labute approximate surface area is 162 Å². The summed E-state index contributed by atoms with van der Waals surface area (Å²) in [6.45, 7) is 6.60. The molecule has 0 bridgehead atoms. The minimum absolute atomic E-state index is 0.329. The van der Waals surface area contributed by atoms with Crippen LogP contribution in [0.1, 0.15) is 63.5 Å². The summed E-state index contributed by atoms with van der Waals surface area (Å²) in [6, 6.07) is 0.488. The maximum atomic E-state index is 6.13. The summed E-state index contributed by atoms with van der Waals surface area (Å²) in [5.41, 5.74) is 0.329. The van der Waals surface area contributed by atoms with E-state index >= 15 is 0 Å². The van der Waals surface area contributed by atoms with Crippen molar-refractivity contribution in [2.75, 3.05) is 13.2 Å². The van der Waals surface area contributed by atoms with Gasteiger partial charge in [0.2, 0.25) is 0 Å². The number of aromatic nitrogens is 3. The van der Waals surface area contributed by atoms with Gasteiger partial charge in [-0.05, 0) is 32.6 Å². The number of hydrogen-bond donors (Lipinski definition) is 2. The number of aryl methyl sites for hydroxylation is 1. The third-order valence-electron chi connectivity index (χ3n) is 6.96. The number of aliphatic imine (C=N–C) groups is 1. The molecule has 2 saturated carbocycles. The van der Waals surface area contributed by atoms with E-state index < -0.39 is 0 Å². The first-order valence-corrected chi connectivity index (χ1v) is 10.7. The smallest absolute Gasteiger partial charge is 0.191 e. The van der Waals surface area contributed by atoms with Crippen molar-refractivity contribution in [2.45, 2.75) is 77.5 Å². The van der Waals surface area contributed by atoms with E-state index in [4.69, 9.17) is 9.73 Å². The van der Waals surface area contributed by atoms with E-state index in [-0.39, 0.29) is 0 Å². The van der Waals surface area contributed by atoms with Crippen LogP contribution in [0.5, 0.6) is 0 Å². The van der Waals surface area contributed by atoms with Crippen molar-refractivity contribution in [3.8, 4) is 0 Å². The first kappa shape index (κ1) is 18.7. The second-order valence-electron chi connectivity index (χ2n) is 8.47. The number of hydrogen-bond acceptors (Lipinski definition) is 4. The first-order valence-electron chi connectivity index (χ1n) is 10.7. The summed E-state index contributed by atoms with van der Waals surface area (Å²) in [7, 11) is 2.00. The Bertz CT molecular complexity index is 678. The van der Waals surface area contributed by atoms with Gasteiger partial charge >= 0.3 is 0 Å². The summed E-state index contributed by atoms with van der Waals surface area (Å²) in [5, 5.41) is 15.8. The molecule has 2 aliphatic carbocycles. The summed E-state index contributed by atoms with van der Waals surface area (Å²) in [4.78, 5) is 4.86. The zero-order chi connectivity index (χ0) is 18.9. The van der Waals surface area contributed by atoms with Gasteiger partial charge in [-0.1, -0.05) is 26.2 Å². The molecule has 3 fully saturated rings. The molecule has 3 unspecified atom stereocenters. The molecule has 0 radical (unpaired) electrons. The molecule has 0 aromatic carbocycles. The number of unbranched alkanes of at least 4 members (excludes halogenated alkanes) is 1. The molecule has 7 nitrogen and oxygen atoms in total. The molecule has 0 amide bonds. The van der Waals surface area contributed by atoms with Crippen LogP contribution < -0.4 is 10.6 Å². The molecule has 1 aromatic rings. The van der Waals surface area contributed by atoms with Crippen molar-refractivity contribution in [3.05, 3.63) is 11.6 Å². The summed E-state index contributed by atoms with van der Waals surface area (Å²) >= 11 is 0. The number of nitrogens with one attached hydrogen (secondary N) is 2. The minimum atomic E-state index is 0.329. The van der Waals surface area contributed by atoms with Crippen molar-refractivity contribution < 1.29 is 4.74 Å². The van der Waals surface area contributed by atoms with Gasteiger partial charge in [-0.25, -0.2) is 4.99 Å². The molecular weight excluding hydrogens is 340 g/mol. The Kier molecular flexibility index (Phi) is 5.39. The lowest BCUT2D eigenvalue weighted by Crippen LogP contribution is -2.69. The van der Waals surface area contributed by atoms with Crippen molar-refractivity contribution in [1.82, 2.24) is 25.4 Å². The van der Waals surface area contributed by atoms with Crippen LogP contribution in [0.15, 0.2) is 4.99 Å². The second kappa shape index (κ2) is 7.78. The largest absolute Gasteiger partial charge is 0.377 e. The molecule has 1 aliphatic heterocycles. The van der Waals surface area contributed by atoms with Crippen LogP contribution in [0.4, 0.5) is 0 Å². The first-order chi connectivity index (χ1) is 13.2. The predicted molar refractivity (Wildman–Crippen MR) is 105 cm³/mol. The monoisotopic (exact) mass is 374 g/mol. The number of fused-ring (bicyclic) bond motifs is 2. The molecule has 3 atom stereocenters. The molecule has 4 rings (SSSR count). The lowest BCUT2D eigenvalue weighted by Gasteiger charge is -2.57. The normalized spacial score (nSPS) is 29.0. The molecular formula is C20H34N6O. The highest BCUT2D eigenvalue weighted by molar-refractivity contribution is 5.80. The van der Waals surface area contributed by atoms with E-state index in [1.807, 2.05) is 18.5 Å². The van der Waals surface area contributed by atoms with Crippen LogP contribution in [0.2, 0.25) is 0 Å². The highest BCUT2D eigenvalue weighted by atomic mass is 16.5. The van der Waals surface area contributed by atoms with Gasteiger partial charge in [0.05, 0.1) is 6.10 Å². The van der Waals surface area contributed by atoms with Gasteiger partial charge in [-0.15, -0.1) is 10.2 Å². The predicted octanol–water partition coefficient (Wildman–Crippen LogP) is 2.31. The van der Waals surface area contributed by atoms with Crippen LogP contribution >= 0.6 is 0 Å². The molecule has 150 valence electrons. The van der Waals surface area contributed by atoms with Crippen molar-refractivity contribution in [1.29, 1.82) is 0 Å². The topological polar surface area (TPSA) is 76.4 Å². The van der Waals surface area contributed by atoms with Gasteiger partial charge in [-0.3, -0.25) is 0 Å². The van der Waals surface area contributed by atoms with Crippen LogP contribution in [0.25, 0.3) is 0 Å². The van der Waals surface area contributed by atoms with E-state index in [9.17, 15) is 0 Å². The molecule has 1 spiro atoms. The third-order valence-corrected chi connectivity index (χ3v) is 6.96. The van der Waals surface area contributed by atoms with Gasteiger partial charge in [0.25, 0.3) is 0 Å². The van der Waals surface area contributed by atoms with E-state index in [1.165, 1.54) is 38.5 Å². The molecule has 27 heavy (non-hydrogen) atoms. The fraction of sp³-hybridized carbons (Fsp3) is 0.850. The summed E-state index contributed by atoms with van der Waals surface area (Å²) in [5.74, 6) is 3.38. The third kappa shape index (κ3) is 3.35. The second-order valence-corrected chi connectivity index (χ2v) is 8.47. The van der Waals surface area contributed by atoms with Gasteiger partial charge < -0.3 is 19.9 Å². The number of rotatable bonds is 6. The lowest BCUT2D eigenvalue weighted by atomic mass is 9.54. The lowest BCUT2D eigenvalue weighted by molar-refractivity contribution is -0.125. The van der Waals surface area contributed by atoms with Crippen molar-refractivity contribution in [2.24, 2.45) is 23.4 Å². The van der Waals surface area contributed by atoms with Crippen molar-refractivity contribution in [3.63, 3.8) is 0 Å². The molecule has 2 N–H and O–H groups in total. The number of ether oxygens (including phenoxy) is 1. The summed E-state index contributed by atoms with van der Waals surface area (Å²) in [6.07, 6.45) is 9.21. The number of nitrogens with zero attached hydrogens (tertiary/aromatic N) is 4. The fourth-order valence-corrected chi connectivity index (χ4v) is 5.33. The maximum Gasteiger partial charge on any atom is 0.191 e. The van der Waals surface area contributed by atoms with Gasteiger partial charge in [0.15, 0.2) is 11.8 Å². The Morgan fingerprint density at radius 2 is 2.15 bits per heavy atom.